The van der Waals surface area contributed by atoms with E-state index in [2.05, 4.69) is 10.6 Å². The van der Waals surface area contributed by atoms with Crippen molar-refractivity contribution in [2.75, 3.05) is 6.54 Å². The van der Waals surface area contributed by atoms with Gasteiger partial charge in [-0.1, -0.05) is 6.92 Å². The molecule has 0 fully saturated rings. The summed E-state index contributed by atoms with van der Waals surface area (Å²) >= 11 is 1.65. The van der Waals surface area contributed by atoms with E-state index in [-0.39, 0.29) is 12.6 Å². The molecule has 1 rings (SSSR count). The van der Waals surface area contributed by atoms with Gasteiger partial charge in [0.1, 0.15) is 0 Å². The van der Waals surface area contributed by atoms with Crippen LogP contribution in [0, 0.1) is 19.8 Å². The van der Waals surface area contributed by atoms with Crippen molar-refractivity contribution in [3.05, 3.63) is 21.4 Å². The number of thiophene rings is 1. The molecule has 1 aromatic heterocycles. The molecule has 6 heteroatoms. The van der Waals surface area contributed by atoms with Crippen LogP contribution in [-0.4, -0.2) is 23.7 Å². The summed E-state index contributed by atoms with van der Waals surface area (Å²) in [5.74, 6) is -1.50. The van der Waals surface area contributed by atoms with Crippen LogP contribution < -0.4 is 10.6 Å². The first-order valence-corrected chi connectivity index (χ1v) is 6.52. The lowest BCUT2D eigenvalue weighted by Crippen LogP contribution is -2.38. The third-order valence-electron chi connectivity index (χ3n) is 2.63. The van der Waals surface area contributed by atoms with Crippen LogP contribution in [0.15, 0.2) is 6.07 Å². The van der Waals surface area contributed by atoms with Gasteiger partial charge in [0.05, 0.1) is 12.5 Å². The molecule has 0 bridgehead atoms. The van der Waals surface area contributed by atoms with Crippen LogP contribution in [0.4, 0.5) is 4.79 Å². The highest BCUT2D eigenvalue weighted by Crippen LogP contribution is 2.20. The monoisotopic (exact) mass is 270 g/mol. The van der Waals surface area contributed by atoms with Gasteiger partial charge in [-0.2, -0.15) is 0 Å². The van der Waals surface area contributed by atoms with Gasteiger partial charge in [0, 0.05) is 16.3 Å². The number of nitrogens with one attached hydrogen (secondary N) is 2. The van der Waals surface area contributed by atoms with Crippen molar-refractivity contribution >= 4 is 23.3 Å². The Morgan fingerprint density at radius 3 is 2.56 bits per heavy atom. The standard InChI is InChI=1S/C12H18N2O3S/c1-7-4-10(18-9(7)3)6-14-12(17)13-5-8(2)11(15)16/h4,8H,5-6H2,1-3H3,(H,15,16)(H2,13,14,17). The Labute approximate surface area is 110 Å². The molecule has 1 aromatic rings. The van der Waals surface area contributed by atoms with E-state index in [9.17, 15) is 9.59 Å². The van der Waals surface area contributed by atoms with E-state index >= 15 is 0 Å². The van der Waals surface area contributed by atoms with Crippen LogP contribution in [-0.2, 0) is 11.3 Å². The van der Waals surface area contributed by atoms with Crippen molar-refractivity contribution in [1.82, 2.24) is 10.6 Å². The summed E-state index contributed by atoms with van der Waals surface area (Å²) < 4.78 is 0. The van der Waals surface area contributed by atoms with Gasteiger partial charge in [0.15, 0.2) is 0 Å². The molecule has 0 aromatic carbocycles. The lowest BCUT2D eigenvalue weighted by atomic mass is 10.2. The summed E-state index contributed by atoms with van der Waals surface area (Å²) in [5, 5.41) is 13.9. The lowest BCUT2D eigenvalue weighted by Gasteiger charge is -2.09. The Morgan fingerprint density at radius 1 is 1.39 bits per heavy atom. The van der Waals surface area contributed by atoms with Gasteiger partial charge >= 0.3 is 12.0 Å². The molecule has 3 N–H and O–H groups in total. The first kappa shape index (κ1) is 14.5. The second kappa shape index (κ2) is 6.39. The minimum Gasteiger partial charge on any atom is -0.481 e. The van der Waals surface area contributed by atoms with Crippen LogP contribution in [0.5, 0.6) is 0 Å². The molecule has 0 aliphatic rings. The molecule has 0 aliphatic heterocycles. The van der Waals surface area contributed by atoms with Gasteiger partial charge in [-0.25, -0.2) is 4.79 Å². The molecule has 1 atom stereocenters. The Balaban J connectivity index is 2.31. The number of aryl methyl sites for hydroxylation is 2. The highest BCUT2D eigenvalue weighted by atomic mass is 32.1. The molecule has 0 spiro atoms. The first-order valence-electron chi connectivity index (χ1n) is 5.70. The van der Waals surface area contributed by atoms with Crippen molar-refractivity contribution < 1.29 is 14.7 Å². The first-order chi connectivity index (χ1) is 8.40. The van der Waals surface area contributed by atoms with Crippen molar-refractivity contribution in [3.63, 3.8) is 0 Å². The predicted octanol–water partition coefficient (Wildman–Crippen LogP) is 1.88. The molecular formula is C12H18N2O3S. The Bertz CT molecular complexity index is 423. The fourth-order valence-electron chi connectivity index (χ4n) is 1.30. The smallest absolute Gasteiger partial charge is 0.315 e. The number of hydrogen-bond donors (Lipinski definition) is 3. The van der Waals surface area contributed by atoms with Crippen LogP contribution in [0.2, 0.25) is 0 Å². The minimum absolute atomic E-state index is 0.129. The molecular weight excluding hydrogens is 252 g/mol. The van der Waals surface area contributed by atoms with Gasteiger partial charge in [0.25, 0.3) is 0 Å². The average Bonchev–Trinajstić information content (AvgIpc) is 2.63. The maximum atomic E-state index is 11.4. The topological polar surface area (TPSA) is 78.4 Å². The summed E-state index contributed by atoms with van der Waals surface area (Å²) in [6.07, 6.45) is 0. The van der Waals surface area contributed by atoms with Gasteiger partial charge in [-0.15, -0.1) is 11.3 Å². The maximum Gasteiger partial charge on any atom is 0.315 e. The number of aliphatic carboxylic acids is 1. The molecule has 0 radical (unpaired) electrons. The number of hydrogen-bond acceptors (Lipinski definition) is 3. The second-order valence-corrected chi connectivity index (χ2v) is 5.60. The lowest BCUT2D eigenvalue weighted by molar-refractivity contribution is -0.140. The SMILES string of the molecule is Cc1cc(CNC(=O)NCC(C)C(=O)O)sc1C. The Morgan fingerprint density at radius 2 is 2.06 bits per heavy atom. The summed E-state index contributed by atoms with van der Waals surface area (Å²) in [7, 11) is 0. The van der Waals surface area contributed by atoms with E-state index in [1.165, 1.54) is 10.4 Å². The van der Waals surface area contributed by atoms with Crippen molar-refractivity contribution in [2.24, 2.45) is 5.92 Å². The largest absolute Gasteiger partial charge is 0.481 e. The average molecular weight is 270 g/mol. The van der Waals surface area contributed by atoms with Gasteiger partial charge < -0.3 is 15.7 Å². The molecule has 0 aliphatic carbocycles. The zero-order chi connectivity index (χ0) is 13.7. The molecule has 100 valence electrons. The van der Waals surface area contributed by atoms with E-state index in [1.807, 2.05) is 19.9 Å². The van der Waals surface area contributed by atoms with Crippen LogP contribution in [0.1, 0.15) is 22.2 Å². The molecule has 0 saturated carbocycles. The number of amides is 2. The Kier molecular flexibility index (Phi) is 5.15. The Hall–Kier alpha value is -1.56. The number of urea groups is 1. The summed E-state index contributed by atoms with van der Waals surface area (Å²) in [6, 6.07) is 1.70. The molecule has 18 heavy (non-hydrogen) atoms. The third kappa shape index (κ3) is 4.37. The summed E-state index contributed by atoms with van der Waals surface area (Å²) in [5.41, 5.74) is 1.22. The third-order valence-corrected chi connectivity index (χ3v) is 3.78. The van der Waals surface area contributed by atoms with E-state index in [0.717, 1.165) is 4.88 Å². The zero-order valence-electron chi connectivity index (χ0n) is 10.7. The number of rotatable bonds is 5. The van der Waals surface area contributed by atoms with E-state index in [4.69, 9.17) is 5.11 Å². The van der Waals surface area contributed by atoms with Crippen molar-refractivity contribution in [2.45, 2.75) is 27.3 Å². The zero-order valence-corrected chi connectivity index (χ0v) is 11.6. The second-order valence-electron chi connectivity index (χ2n) is 4.25. The minimum atomic E-state index is -0.917. The van der Waals surface area contributed by atoms with E-state index in [0.29, 0.717) is 6.54 Å². The quantitative estimate of drug-likeness (QED) is 0.764. The van der Waals surface area contributed by atoms with Crippen molar-refractivity contribution in [3.8, 4) is 0 Å². The molecule has 1 heterocycles. The highest BCUT2D eigenvalue weighted by Gasteiger charge is 2.12. The van der Waals surface area contributed by atoms with Crippen LogP contribution in [0.25, 0.3) is 0 Å². The molecule has 5 nitrogen and oxygen atoms in total. The van der Waals surface area contributed by atoms with Crippen LogP contribution >= 0.6 is 11.3 Å². The molecule has 0 saturated heterocycles. The van der Waals surface area contributed by atoms with Gasteiger partial charge in [0.2, 0.25) is 0 Å². The van der Waals surface area contributed by atoms with Gasteiger partial charge in [-0.3, -0.25) is 4.79 Å². The fourth-order valence-corrected chi connectivity index (χ4v) is 2.29. The fraction of sp³-hybridized carbons (Fsp3) is 0.500. The van der Waals surface area contributed by atoms with E-state index < -0.39 is 11.9 Å². The summed E-state index contributed by atoms with van der Waals surface area (Å²) in [6.45, 7) is 6.22. The number of carboxylic acids is 1. The number of carbonyl (C=O) groups excluding carboxylic acids is 1. The highest BCUT2D eigenvalue weighted by molar-refractivity contribution is 7.12. The maximum absolute atomic E-state index is 11.4. The molecule has 1 unspecified atom stereocenters. The predicted molar refractivity (Wildman–Crippen MR) is 70.8 cm³/mol. The van der Waals surface area contributed by atoms with Gasteiger partial charge in [-0.05, 0) is 25.5 Å². The number of carbonyl (C=O) groups is 2. The van der Waals surface area contributed by atoms with Crippen molar-refractivity contribution in [1.29, 1.82) is 0 Å². The number of carboxylic acid groups (broad SMARTS) is 1. The molecule has 2 amide bonds. The normalized spacial score (nSPS) is 11.9. The van der Waals surface area contributed by atoms with E-state index in [1.54, 1.807) is 18.3 Å². The summed E-state index contributed by atoms with van der Waals surface area (Å²) in [4.78, 5) is 24.3. The van der Waals surface area contributed by atoms with Crippen LogP contribution in [0.3, 0.4) is 0 Å².